The minimum atomic E-state index is -4.50. The molecule has 2 heterocycles. The van der Waals surface area contributed by atoms with Crippen molar-refractivity contribution >= 4 is 0 Å². The van der Waals surface area contributed by atoms with Gasteiger partial charge in [-0.2, -0.15) is 13.2 Å². The molecule has 24 heavy (non-hydrogen) atoms. The fraction of sp³-hybridized carbons (Fsp3) is 0.412. The number of alkyl halides is 3. The lowest BCUT2D eigenvalue weighted by Gasteiger charge is -2.53. The van der Waals surface area contributed by atoms with Crippen LogP contribution in [0.1, 0.15) is 42.8 Å². The van der Waals surface area contributed by atoms with E-state index in [0.717, 1.165) is 18.3 Å². The largest absolute Gasteiger partial charge is 0.416 e. The van der Waals surface area contributed by atoms with Crippen LogP contribution < -0.4 is 0 Å². The first-order chi connectivity index (χ1) is 11.1. The summed E-state index contributed by atoms with van der Waals surface area (Å²) in [5.41, 5.74) is -2.54. The Hall–Kier alpha value is -1.99. The van der Waals surface area contributed by atoms with E-state index in [-0.39, 0.29) is 18.5 Å². The van der Waals surface area contributed by atoms with Crippen molar-refractivity contribution in [1.82, 2.24) is 9.97 Å². The second kappa shape index (κ2) is 5.53. The Kier molecular flexibility index (Phi) is 3.88. The van der Waals surface area contributed by atoms with Gasteiger partial charge in [0.25, 0.3) is 0 Å². The fourth-order valence-corrected chi connectivity index (χ4v) is 3.52. The van der Waals surface area contributed by atoms with Gasteiger partial charge >= 0.3 is 6.18 Å². The van der Waals surface area contributed by atoms with Crippen LogP contribution in [0, 0.1) is 0 Å². The van der Waals surface area contributed by atoms with Crippen molar-refractivity contribution in [3.63, 3.8) is 0 Å². The van der Waals surface area contributed by atoms with Crippen molar-refractivity contribution in [3.05, 3.63) is 59.7 Å². The molecule has 0 unspecified atom stereocenters. The average molecular weight is 338 g/mol. The monoisotopic (exact) mass is 338 g/mol. The third kappa shape index (κ3) is 2.89. The zero-order chi connectivity index (χ0) is 17.6. The number of rotatable bonds is 3. The Morgan fingerprint density at radius 1 is 1.12 bits per heavy atom. The normalized spacial score (nSPS) is 28.2. The van der Waals surface area contributed by atoms with Crippen molar-refractivity contribution in [2.75, 3.05) is 0 Å². The van der Waals surface area contributed by atoms with Gasteiger partial charge in [-0.3, -0.25) is 9.97 Å². The molecule has 1 aliphatic carbocycles. The lowest BCUT2D eigenvalue weighted by Crippen LogP contribution is -2.56. The van der Waals surface area contributed by atoms with Crippen molar-refractivity contribution in [2.24, 2.45) is 0 Å². The highest BCUT2D eigenvalue weighted by molar-refractivity contribution is 5.34. The summed E-state index contributed by atoms with van der Waals surface area (Å²) in [4.78, 5) is 8.15. The Morgan fingerprint density at radius 2 is 1.83 bits per heavy atom. The molecule has 0 saturated heterocycles. The summed E-state index contributed by atoms with van der Waals surface area (Å²) in [7, 11) is 0. The van der Waals surface area contributed by atoms with Crippen molar-refractivity contribution in [2.45, 2.75) is 43.1 Å². The number of pyridine rings is 2. The SMILES string of the molecule is C[C@]1(O)C[C@](c2cc(C(F)(F)F)ccn2)([C@H](O)c2ccccn2)C1. The van der Waals surface area contributed by atoms with Gasteiger partial charge in [0.1, 0.15) is 6.10 Å². The van der Waals surface area contributed by atoms with Crippen molar-refractivity contribution in [1.29, 1.82) is 0 Å². The highest BCUT2D eigenvalue weighted by Crippen LogP contribution is 2.56. The molecule has 3 rings (SSSR count). The molecule has 1 fully saturated rings. The van der Waals surface area contributed by atoms with Gasteiger partial charge in [-0.15, -0.1) is 0 Å². The van der Waals surface area contributed by atoms with Crippen LogP contribution >= 0.6 is 0 Å². The first-order valence-corrected chi connectivity index (χ1v) is 7.49. The van der Waals surface area contributed by atoms with E-state index >= 15 is 0 Å². The highest BCUT2D eigenvalue weighted by Gasteiger charge is 2.58. The van der Waals surface area contributed by atoms with E-state index in [1.807, 2.05) is 0 Å². The minimum Gasteiger partial charge on any atom is -0.390 e. The first kappa shape index (κ1) is 16.9. The van der Waals surface area contributed by atoms with Crippen LogP contribution in [0.25, 0.3) is 0 Å². The summed E-state index contributed by atoms with van der Waals surface area (Å²) in [6.07, 6.45) is -2.87. The molecule has 1 aliphatic rings. The molecule has 2 N–H and O–H groups in total. The lowest BCUT2D eigenvalue weighted by molar-refractivity contribution is -0.139. The molecule has 7 heteroatoms. The molecule has 0 spiro atoms. The second-order valence-corrected chi connectivity index (χ2v) is 6.59. The van der Waals surface area contributed by atoms with Crippen molar-refractivity contribution < 1.29 is 23.4 Å². The fourth-order valence-electron chi connectivity index (χ4n) is 3.52. The molecule has 4 nitrogen and oxygen atoms in total. The Bertz CT molecular complexity index is 724. The lowest BCUT2D eigenvalue weighted by atomic mass is 9.55. The number of nitrogens with zero attached hydrogens (tertiary/aromatic N) is 2. The van der Waals surface area contributed by atoms with Crippen LogP contribution in [0.4, 0.5) is 13.2 Å². The average Bonchev–Trinajstić information content (AvgIpc) is 2.51. The summed E-state index contributed by atoms with van der Waals surface area (Å²) >= 11 is 0. The summed E-state index contributed by atoms with van der Waals surface area (Å²) in [6, 6.07) is 6.81. The van der Waals surface area contributed by atoms with Gasteiger partial charge in [0, 0.05) is 17.8 Å². The maximum Gasteiger partial charge on any atom is 0.416 e. The predicted molar refractivity (Wildman–Crippen MR) is 80.0 cm³/mol. The molecule has 2 aromatic heterocycles. The van der Waals surface area contributed by atoms with Crippen LogP contribution in [0.5, 0.6) is 0 Å². The van der Waals surface area contributed by atoms with Crippen LogP contribution in [0.3, 0.4) is 0 Å². The highest BCUT2D eigenvalue weighted by atomic mass is 19.4. The van der Waals surface area contributed by atoms with E-state index in [1.54, 1.807) is 25.1 Å². The quantitative estimate of drug-likeness (QED) is 0.903. The topological polar surface area (TPSA) is 66.2 Å². The van der Waals surface area contributed by atoms with E-state index in [0.29, 0.717) is 5.69 Å². The van der Waals surface area contributed by atoms with Crippen LogP contribution in [0.15, 0.2) is 42.7 Å². The first-order valence-electron chi connectivity index (χ1n) is 7.49. The number of hydrogen-bond donors (Lipinski definition) is 2. The molecule has 1 saturated carbocycles. The standard InChI is InChI=1S/C17H17F3N2O2/c1-15(24)9-16(10-15,14(23)12-4-2-3-6-21-12)13-8-11(5-7-22-13)17(18,19)20/h2-8,14,23-24H,9-10H2,1H3/t14-,15-,16-/m1/s1. The summed E-state index contributed by atoms with van der Waals surface area (Å²) < 4.78 is 39.0. The Morgan fingerprint density at radius 3 is 2.38 bits per heavy atom. The summed E-state index contributed by atoms with van der Waals surface area (Å²) in [5, 5.41) is 20.9. The molecule has 0 radical (unpaired) electrons. The molecule has 1 atom stereocenters. The number of hydrogen-bond acceptors (Lipinski definition) is 4. The second-order valence-electron chi connectivity index (χ2n) is 6.59. The van der Waals surface area contributed by atoms with E-state index in [4.69, 9.17) is 0 Å². The Balaban J connectivity index is 2.05. The van der Waals surface area contributed by atoms with Gasteiger partial charge in [-0.05, 0) is 44.0 Å². The Labute approximate surface area is 137 Å². The van der Waals surface area contributed by atoms with Crippen LogP contribution in [-0.4, -0.2) is 25.8 Å². The van der Waals surface area contributed by atoms with E-state index in [9.17, 15) is 23.4 Å². The molecule has 2 aromatic rings. The molecule has 128 valence electrons. The van der Waals surface area contributed by atoms with Gasteiger partial charge in [0.2, 0.25) is 0 Å². The summed E-state index contributed by atoms with van der Waals surface area (Å²) in [5.74, 6) is 0. The van der Waals surface area contributed by atoms with Crippen LogP contribution in [-0.2, 0) is 11.6 Å². The predicted octanol–water partition coefficient (Wildman–Crippen LogP) is 3.01. The number of halogens is 3. The van der Waals surface area contributed by atoms with E-state index in [2.05, 4.69) is 9.97 Å². The molecule has 0 bridgehead atoms. The summed E-state index contributed by atoms with van der Waals surface area (Å²) in [6.45, 7) is 1.59. The van der Waals surface area contributed by atoms with Gasteiger partial charge in [0.15, 0.2) is 0 Å². The maximum absolute atomic E-state index is 13.0. The minimum absolute atomic E-state index is 0.103. The van der Waals surface area contributed by atoms with Crippen molar-refractivity contribution in [3.8, 4) is 0 Å². The molecule has 0 aliphatic heterocycles. The van der Waals surface area contributed by atoms with Gasteiger partial charge < -0.3 is 10.2 Å². The molecular weight excluding hydrogens is 321 g/mol. The van der Waals surface area contributed by atoms with Gasteiger partial charge in [-0.25, -0.2) is 0 Å². The number of aliphatic hydroxyl groups is 2. The smallest absolute Gasteiger partial charge is 0.390 e. The third-order valence-corrected chi connectivity index (χ3v) is 4.48. The van der Waals surface area contributed by atoms with Gasteiger partial charge in [-0.1, -0.05) is 6.07 Å². The van der Waals surface area contributed by atoms with E-state index in [1.165, 1.54) is 6.20 Å². The molecular formula is C17H17F3N2O2. The zero-order valence-corrected chi connectivity index (χ0v) is 13.0. The van der Waals surface area contributed by atoms with E-state index < -0.39 is 28.9 Å². The molecule has 0 aromatic carbocycles. The molecule has 0 amide bonds. The number of aliphatic hydroxyl groups excluding tert-OH is 1. The van der Waals surface area contributed by atoms with Crippen LogP contribution in [0.2, 0.25) is 0 Å². The third-order valence-electron chi connectivity index (χ3n) is 4.48. The number of aromatic nitrogens is 2. The van der Waals surface area contributed by atoms with Gasteiger partial charge in [0.05, 0.1) is 22.6 Å². The maximum atomic E-state index is 13.0. The zero-order valence-electron chi connectivity index (χ0n) is 13.0.